The van der Waals surface area contributed by atoms with Crippen LogP contribution in [0, 0.1) is 6.92 Å². The number of aryl methyl sites for hydroxylation is 1. The molecule has 0 saturated carbocycles. The zero-order valence-electron chi connectivity index (χ0n) is 10.3. The third kappa shape index (κ3) is 2.68. The van der Waals surface area contributed by atoms with Gasteiger partial charge in [0.05, 0.1) is 16.8 Å². The second-order valence-electron chi connectivity index (χ2n) is 3.99. The minimum Gasteiger partial charge on any atom is -0.383 e. The fourth-order valence-corrected chi connectivity index (χ4v) is 1.87. The van der Waals surface area contributed by atoms with Gasteiger partial charge in [-0.2, -0.15) is 0 Å². The molecular formula is C13H14BrN3O. The molecule has 1 aromatic carbocycles. The number of anilines is 1. The molecule has 1 aromatic heterocycles. The molecule has 18 heavy (non-hydrogen) atoms. The maximum atomic E-state index is 5.87. The number of aromatic nitrogens is 2. The highest BCUT2D eigenvalue weighted by Gasteiger charge is 2.11. The zero-order valence-corrected chi connectivity index (χ0v) is 11.9. The van der Waals surface area contributed by atoms with E-state index in [4.69, 9.17) is 10.5 Å². The van der Waals surface area contributed by atoms with Gasteiger partial charge < -0.3 is 10.5 Å². The summed E-state index contributed by atoms with van der Waals surface area (Å²) in [6.45, 7) is 2.43. The average Bonchev–Trinajstić information content (AvgIpc) is 2.36. The van der Waals surface area contributed by atoms with Crippen LogP contribution in [0.15, 0.2) is 28.7 Å². The number of methoxy groups -OCH3 is 1. The van der Waals surface area contributed by atoms with Crippen LogP contribution in [0.25, 0.3) is 11.4 Å². The highest BCUT2D eigenvalue weighted by molar-refractivity contribution is 9.10. The molecule has 0 spiro atoms. The molecule has 2 aromatic rings. The summed E-state index contributed by atoms with van der Waals surface area (Å²) in [6, 6.07) is 8.00. The number of rotatable bonds is 3. The van der Waals surface area contributed by atoms with Crippen LogP contribution in [0.3, 0.4) is 0 Å². The van der Waals surface area contributed by atoms with E-state index >= 15 is 0 Å². The van der Waals surface area contributed by atoms with Gasteiger partial charge in [-0.3, -0.25) is 0 Å². The lowest BCUT2D eigenvalue weighted by molar-refractivity contribution is 0.181. The number of hydrogen-bond acceptors (Lipinski definition) is 4. The highest BCUT2D eigenvalue weighted by Crippen LogP contribution is 2.25. The first-order valence-electron chi connectivity index (χ1n) is 5.49. The SMILES string of the molecule is COCc1nc(-c2ccc(C)cc2)nc(N)c1Br. The molecule has 0 atom stereocenters. The van der Waals surface area contributed by atoms with E-state index in [0.717, 1.165) is 11.3 Å². The number of hydrogen-bond donors (Lipinski definition) is 1. The van der Waals surface area contributed by atoms with Crippen LogP contribution in [0.2, 0.25) is 0 Å². The van der Waals surface area contributed by atoms with E-state index in [9.17, 15) is 0 Å². The first-order valence-corrected chi connectivity index (χ1v) is 6.29. The molecule has 94 valence electrons. The molecule has 0 bridgehead atoms. The van der Waals surface area contributed by atoms with Crippen molar-refractivity contribution in [2.45, 2.75) is 13.5 Å². The van der Waals surface area contributed by atoms with Crippen molar-refractivity contribution in [1.82, 2.24) is 9.97 Å². The molecular weight excluding hydrogens is 294 g/mol. The largest absolute Gasteiger partial charge is 0.383 e. The fourth-order valence-electron chi connectivity index (χ4n) is 1.58. The first kappa shape index (κ1) is 13.0. The Kier molecular flexibility index (Phi) is 3.93. The number of nitrogens with zero attached hydrogens (tertiary/aromatic N) is 2. The summed E-state index contributed by atoms with van der Waals surface area (Å²) < 4.78 is 5.79. The Bertz CT molecular complexity index is 555. The van der Waals surface area contributed by atoms with Crippen LogP contribution in [0.1, 0.15) is 11.3 Å². The number of ether oxygens (including phenoxy) is 1. The minimum atomic E-state index is 0.395. The van der Waals surface area contributed by atoms with Crippen molar-refractivity contribution in [1.29, 1.82) is 0 Å². The van der Waals surface area contributed by atoms with E-state index in [0.29, 0.717) is 22.7 Å². The van der Waals surface area contributed by atoms with Crippen LogP contribution in [0.4, 0.5) is 5.82 Å². The van der Waals surface area contributed by atoms with Crippen LogP contribution in [-0.2, 0) is 11.3 Å². The second kappa shape index (κ2) is 5.46. The number of halogens is 1. The van der Waals surface area contributed by atoms with Crippen molar-refractivity contribution < 1.29 is 4.74 Å². The normalized spacial score (nSPS) is 10.6. The summed E-state index contributed by atoms with van der Waals surface area (Å²) in [5.74, 6) is 1.04. The van der Waals surface area contributed by atoms with E-state index in [1.165, 1.54) is 5.56 Å². The summed E-state index contributed by atoms with van der Waals surface area (Å²) in [6.07, 6.45) is 0. The van der Waals surface area contributed by atoms with E-state index in [2.05, 4.69) is 25.9 Å². The Labute approximate surface area is 114 Å². The minimum absolute atomic E-state index is 0.395. The zero-order chi connectivity index (χ0) is 13.1. The monoisotopic (exact) mass is 307 g/mol. The van der Waals surface area contributed by atoms with Gasteiger partial charge in [-0.05, 0) is 22.9 Å². The van der Waals surface area contributed by atoms with E-state index in [1.807, 2.05) is 31.2 Å². The van der Waals surface area contributed by atoms with Gasteiger partial charge in [0.25, 0.3) is 0 Å². The molecule has 0 radical (unpaired) electrons. The lowest BCUT2D eigenvalue weighted by Gasteiger charge is -2.08. The van der Waals surface area contributed by atoms with E-state index < -0.39 is 0 Å². The Morgan fingerprint density at radius 3 is 2.50 bits per heavy atom. The number of nitrogen functional groups attached to an aromatic ring is 1. The van der Waals surface area contributed by atoms with Crippen molar-refractivity contribution >= 4 is 21.7 Å². The number of nitrogens with two attached hydrogens (primary N) is 1. The summed E-state index contributed by atoms with van der Waals surface area (Å²) in [5, 5.41) is 0. The smallest absolute Gasteiger partial charge is 0.161 e. The van der Waals surface area contributed by atoms with Crippen molar-refractivity contribution in [3.63, 3.8) is 0 Å². The van der Waals surface area contributed by atoms with Gasteiger partial charge in [0.1, 0.15) is 5.82 Å². The average molecular weight is 308 g/mol. The van der Waals surface area contributed by atoms with Crippen LogP contribution < -0.4 is 5.73 Å². The fraction of sp³-hybridized carbons (Fsp3) is 0.231. The van der Waals surface area contributed by atoms with Gasteiger partial charge in [-0.1, -0.05) is 29.8 Å². The Balaban J connectivity index is 2.48. The number of benzene rings is 1. The molecule has 4 nitrogen and oxygen atoms in total. The molecule has 2 N–H and O–H groups in total. The predicted octanol–water partition coefficient (Wildman–Crippen LogP) is 2.94. The van der Waals surface area contributed by atoms with Gasteiger partial charge in [-0.15, -0.1) is 0 Å². The molecule has 0 unspecified atom stereocenters. The Hall–Kier alpha value is -1.46. The maximum absolute atomic E-state index is 5.87. The lowest BCUT2D eigenvalue weighted by Crippen LogP contribution is -2.03. The lowest BCUT2D eigenvalue weighted by atomic mass is 10.1. The Morgan fingerprint density at radius 2 is 1.89 bits per heavy atom. The van der Waals surface area contributed by atoms with E-state index in [1.54, 1.807) is 7.11 Å². The van der Waals surface area contributed by atoms with Crippen molar-refractivity contribution in [2.24, 2.45) is 0 Å². The van der Waals surface area contributed by atoms with Gasteiger partial charge in [-0.25, -0.2) is 9.97 Å². The standard InChI is InChI=1S/C13H14BrN3O/c1-8-3-5-9(6-4-8)13-16-10(7-18-2)11(14)12(15)17-13/h3-6H,7H2,1-2H3,(H2,15,16,17). The third-order valence-electron chi connectivity index (χ3n) is 2.54. The van der Waals surface area contributed by atoms with Crippen LogP contribution in [-0.4, -0.2) is 17.1 Å². The molecule has 5 heteroatoms. The quantitative estimate of drug-likeness (QED) is 0.947. The summed E-state index contributed by atoms with van der Waals surface area (Å²) in [4.78, 5) is 8.74. The topological polar surface area (TPSA) is 61.0 Å². The molecule has 2 rings (SSSR count). The molecule has 0 aliphatic carbocycles. The van der Waals surface area contributed by atoms with Crippen molar-refractivity contribution in [2.75, 3.05) is 12.8 Å². The summed E-state index contributed by atoms with van der Waals surface area (Å²) >= 11 is 3.37. The third-order valence-corrected chi connectivity index (χ3v) is 3.40. The molecule has 0 fully saturated rings. The van der Waals surface area contributed by atoms with Gasteiger partial charge in [0, 0.05) is 12.7 Å². The summed E-state index contributed by atoms with van der Waals surface area (Å²) in [5.41, 5.74) is 8.75. The van der Waals surface area contributed by atoms with Crippen molar-refractivity contribution in [3.05, 3.63) is 40.0 Å². The summed E-state index contributed by atoms with van der Waals surface area (Å²) in [7, 11) is 1.62. The highest BCUT2D eigenvalue weighted by atomic mass is 79.9. The van der Waals surface area contributed by atoms with Crippen LogP contribution in [0.5, 0.6) is 0 Å². The Morgan fingerprint density at radius 1 is 1.22 bits per heavy atom. The maximum Gasteiger partial charge on any atom is 0.161 e. The second-order valence-corrected chi connectivity index (χ2v) is 4.79. The first-order chi connectivity index (χ1) is 8.61. The van der Waals surface area contributed by atoms with Crippen molar-refractivity contribution in [3.8, 4) is 11.4 Å². The van der Waals surface area contributed by atoms with Crippen LogP contribution >= 0.6 is 15.9 Å². The van der Waals surface area contributed by atoms with Gasteiger partial charge >= 0.3 is 0 Å². The molecule has 0 saturated heterocycles. The molecule has 0 amide bonds. The molecule has 0 aliphatic rings. The molecule has 0 aliphatic heterocycles. The predicted molar refractivity (Wildman–Crippen MR) is 75.0 cm³/mol. The van der Waals surface area contributed by atoms with E-state index in [-0.39, 0.29) is 0 Å². The van der Waals surface area contributed by atoms with Gasteiger partial charge in [0.15, 0.2) is 5.82 Å². The molecule has 1 heterocycles. The van der Waals surface area contributed by atoms with Gasteiger partial charge in [0.2, 0.25) is 0 Å².